The highest BCUT2D eigenvalue weighted by molar-refractivity contribution is 5.77. The van der Waals surface area contributed by atoms with Gasteiger partial charge < -0.3 is 4.74 Å². The van der Waals surface area contributed by atoms with Crippen molar-refractivity contribution in [2.45, 2.75) is 38.7 Å². The number of ether oxygens (including phenoxy) is 1. The monoisotopic (exact) mass is 166 g/mol. The van der Waals surface area contributed by atoms with Gasteiger partial charge in [-0.25, -0.2) is 0 Å². The van der Waals surface area contributed by atoms with E-state index in [0.29, 0.717) is 0 Å². The van der Waals surface area contributed by atoms with E-state index in [1.165, 1.54) is 0 Å². The van der Waals surface area contributed by atoms with Crippen molar-refractivity contribution in [3.63, 3.8) is 0 Å². The molecule has 2 rings (SSSR count). The molecule has 2 nitrogen and oxygen atoms in total. The maximum Gasteiger partial charge on any atom is 0.312 e. The normalized spacial score (nSPS) is 40.4. The average Bonchev–Trinajstić information content (AvgIpc) is 2.18. The van der Waals surface area contributed by atoms with Crippen LogP contribution in [0.5, 0.6) is 0 Å². The quantitative estimate of drug-likeness (QED) is 0.406. The topological polar surface area (TPSA) is 26.3 Å². The first kappa shape index (κ1) is 7.84. The molecule has 0 aromatic heterocycles. The van der Waals surface area contributed by atoms with E-state index in [1.807, 2.05) is 13.0 Å². The fourth-order valence-electron chi connectivity index (χ4n) is 1.93. The molecule has 0 aliphatic carbocycles. The van der Waals surface area contributed by atoms with Gasteiger partial charge in [0.2, 0.25) is 0 Å². The Morgan fingerprint density at radius 3 is 3.33 bits per heavy atom. The standard InChI is InChI=1S/C10H14O2/c1-10-6-2-4-8(5-3-7-10)12-9(10)11/h2,4,8H,3,5-7H2,1H3. The lowest BCUT2D eigenvalue weighted by Gasteiger charge is -2.21. The molecule has 0 amide bonds. The lowest BCUT2D eigenvalue weighted by Crippen LogP contribution is -2.27. The predicted molar refractivity (Wildman–Crippen MR) is 45.6 cm³/mol. The van der Waals surface area contributed by atoms with Crippen molar-refractivity contribution in [2.75, 3.05) is 0 Å². The van der Waals surface area contributed by atoms with Gasteiger partial charge in [-0.2, -0.15) is 0 Å². The smallest absolute Gasteiger partial charge is 0.312 e. The van der Waals surface area contributed by atoms with E-state index in [0.717, 1.165) is 25.7 Å². The summed E-state index contributed by atoms with van der Waals surface area (Å²) < 4.78 is 5.31. The number of hydrogen-bond donors (Lipinski definition) is 0. The number of carbonyl (C=O) groups excluding carboxylic acids is 1. The van der Waals surface area contributed by atoms with E-state index < -0.39 is 0 Å². The Balaban J connectivity index is 2.32. The van der Waals surface area contributed by atoms with Crippen molar-refractivity contribution < 1.29 is 9.53 Å². The Kier molecular flexibility index (Phi) is 1.71. The highest BCUT2D eigenvalue weighted by Crippen LogP contribution is 2.37. The summed E-state index contributed by atoms with van der Waals surface area (Å²) in [5.74, 6) is -0.00463. The van der Waals surface area contributed by atoms with Gasteiger partial charge in [0.25, 0.3) is 0 Å². The minimum absolute atomic E-state index is 0.00463. The summed E-state index contributed by atoms with van der Waals surface area (Å²) in [6, 6.07) is 0. The Morgan fingerprint density at radius 1 is 1.67 bits per heavy atom. The summed E-state index contributed by atoms with van der Waals surface area (Å²) in [6.07, 6.45) is 8.11. The Hall–Kier alpha value is -0.790. The van der Waals surface area contributed by atoms with E-state index in [2.05, 4.69) is 6.08 Å². The maximum atomic E-state index is 11.6. The second-order valence-electron chi connectivity index (χ2n) is 4.03. The molecule has 0 aromatic carbocycles. The van der Waals surface area contributed by atoms with Crippen LogP contribution in [0.25, 0.3) is 0 Å². The van der Waals surface area contributed by atoms with Crippen LogP contribution in [0.2, 0.25) is 0 Å². The second-order valence-corrected chi connectivity index (χ2v) is 4.03. The van der Waals surface area contributed by atoms with E-state index in [1.54, 1.807) is 0 Å². The van der Waals surface area contributed by atoms with E-state index in [-0.39, 0.29) is 17.5 Å². The van der Waals surface area contributed by atoms with Crippen molar-refractivity contribution in [3.05, 3.63) is 12.2 Å². The van der Waals surface area contributed by atoms with Crippen LogP contribution in [0.4, 0.5) is 0 Å². The number of carbonyl (C=O) groups is 1. The molecule has 1 saturated heterocycles. The molecule has 2 aliphatic rings. The molecule has 2 aliphatic heterocycles. The summed E-state index contributed by atoms with van der Waals surface area (Å²) in [7, 11) is 0. The average molecular weight is 166 g/mol. The fraction of sp³-hybridized carbons (Fsp3) is 0.700. The minimum atomic E-state index is -0.234. The SMILES string of the molecule is CC12CC=CC(CCC1)OC2=O. The van der Waals surface area contributed by atoms with Crippen LogP contribution < -0.4 is 0 Å². The third-order valence-corrected chi connectivity index (χ3v) is 2.89. The summed E-state index contributed by atoms with van der Waals surface area (Å²) in [5.41, 5.74) is -0.234. The van der Waals surface area contributed by atoms with Crippen LogP contribution in [0.3, 0.4) is 0 Å². The molecule has 2 unspecified atom stereocenters. The van der Waals surface area contributed by atoms with Gasteiger partial charge in [-0.15, -0.1) is 0 Å². The molecule has 0 N–H and O–H groups in total. The van der Waals surface area contributed by atoms with Crippen molar-refractivity contribution in [3.8, 4) is 0 Å². The fourth-order valence-corrected chi connectivity index (χ4v) is 1.93. The predicted octanol–water partition coefficient (Wildman–Crippen LogP) is 2.05. The first-order valence-electron chi connectivity index (χ1n) is 4.58. The minimum Gasteiger partial charge on any atom is -0.458 e. The van der Waals surface area contributed by atoms with Crippen molar-refractivity contribution in [1.29, 1.82) is 0 Å². The summed E-state index contributed by atoms with van der Waals surface area (Å²) in [6.45, 7) is 2.01. The van der Waals surface area contributed by atoms with Gasteiger partial charge in [-0.3, -0.25) is 4.79 Å². The van der Waals surface area contributed by atoms with Gasteiger partial charge in [0.05, 0.1) is 5.41 Å². The molecule has 2 bridgehead atoms. The molecule has 0 saturated carbocycles. The molecule has 66 valence electrons. The van der Waals surface area contributed by atoms with Crippen LogP contribution >= 0.6 is 0 Å². The van der Waals surface area contributed by atoms with Gasteiger partial charge in [0.15, 0.2) is 0 Å². The van der Waals surface area contributed by atoms with Crippen LogP contribution in [-0.4, -0.2) is 12.1 Å². The summed E-state index contributed by atoms with van der Waals surface area (Å²) in [4.78, 5) is 11.6. The molecule has 1 fully saturated rings. The maximum absolute atomic E-state index is 11.6. The molecule has 2 atom stereocenters. The van der Waals surface area contributed by atoms with Crippen molar-refractivity contribution >= 4 is 5.97 Å². The molecular formula is C10H14O2. The molecule has 2 heteroatoms. The van der Waals surface area contributed by atoms with Crippen LogP contribution in [0.1, 0.15) is 32.6 Å². The van der Waals surface area contributed by atoms with Crippen LogP contribution in [0.15, 0.2) is 12.2 Å². The van der Waals surface area contributed by atoms with E-state index >= 15 is 0 Å². The third kappa shape index (κ3) is 1.15. The molecule has 12 heavy (non-hydrogen) atoms. The molecule has 2 heterocycles. The zero-order chi connectivity index (χ0) is 8.60. The van der Waals surface area contributed by atoms with E-state index in [4.69, 9.17) is 4.74 Å². The Labute approximate surface area is 72.6 Å². The number of fused-ring (bicyclic) bond motifs is 3. The summed E-state index contributed by atoms with van der Waals surface area (Å²) >= 11 is 0. The number of allylic oxidation sites excluding steroid dienone is 1. The largest absolute Gasteiger partial charge is 0.458 e. The van der Waals surface area contributed by atoms with Gasteiger partial charge >= 0.3 is 5.97 Å². The van der Waals surface area contributed by atoms with Gasteiger partial charge in [0.1, 0.15) is 6.10 Å². The highest BCUT2D eigenvalue weighted by atomic mass is 16.5. The molecule has 0 radical (unpaired) electrons. The molecular weight excluding hydrogens is 152 g/mol. The first-order valence-corrected chi connectivity index (χ1v) is 4.58. The zero-order valence-corrected chi connectivity index (χ0v) is 7.38. The van der Waals surface area contributed by atoms with Gasteiger partial charge in [0, 0.05) is 0 Å². The van der Waals surface area contributed by atoms with Gasteiger partial charge in [-0.05, 0) is 38.7 Å². The number of esters is 1. The first-order chi connectivity index (χ1) is 5.71. The zero-order valence-electron chi connectivity index (χ0n) is 7.38. The van der Waals surface area contributed by atoms with E-state index in [9.17, 15) is 4.79 Å². The Bertz CT molecular complexity index is 232. The summed E-state index contributed by atoms with van der Waals surface area (Å²) in [5, 5.41) is 0. The van der Waals surface area contributed by atoms with Crippen LogP contribution in [-0.2, 0) is 9.53 Å². The third-order valence-electron chi connectivity index (χ3n) is 2.89. The lowest BCUT2D eigenvalue weighted by molar-refractivity contribution is -0.155. The van der Waals surface area contributed by atoms with Gasteiger partial charge in [-0.1, -0.05) is 6.08 Å². The highest BCUT2D eigenvalue weighted by Gasteiger charge is 2.38. The van der Waals surface area contributed by atoms with Crippen molar-refractivity contribution in [1.82, 2.24) is 0 Å². The second kappa shape index (κ2) is 2.61. The van der Waals surface area contributed by atoms with Crippen LogP contribution in [0, 0.1) is 5.41 Å². The lowest BCUT2D eigenvalue weighted by atomic mass is 9.81. The Morgan fingerprint density at radius 2 is 2.50 bits per heavy atom. The van der Waals surface area contributed by atoms with Crippen molar-refractivity contribution in [2.24, 2.45) is 5.41 Å². The molecule has 0 spiro atoms. The number of hydrogen-bond acceptors (Lipinski definition) is 2. The number of rotatable bonds is 0. The molecule has 0 aromatic rings.